The number of fused-ring (bicyclic) bond motifs is 12. The first-order chi connectivity index (χ1) is 50.6. The van der Waals surface area contributed by atoms with Gasteiger partial charge in [-0.25, -0.2) is 4.98 Å². The van der Waals surface area contributed by atoms with E-state index in [2.05, 4.69) is 367 Å². The number of hydrogen-bond acceptors (Lipinski definition) is 4. The number of para-hydroxylation sites is 2. The van der Waals surface area contributed by atoms with Gasteiger partial charge in [-0.2, -0.15) is 5.26 Å². The molecule has 4 nitrogen and oxygen atoms in total. The van der Waals surface area contributed by atoms with E-state index in [0.717, 1.165) is 117 Å². The van der Waals surface area contributed by atoms with Crippen LogP contribution in [0.1, 0.15) is 5.56 Å². The standard InChI is InChI=1S/C96H58N4S2/c97-59-79-90(64-43-49-69(50-44-64)99-82-37-17-13-31-71(82)77-55-66(47-53-84(77)99)60-23-5-1-6-24-60)95(75-35-21-41-88-93(75)73-33-15-19-39-86(73)101-88)96(76-36-22-42-89-94(76)74-34-16-20-40-87(74)102-89)92(91(79)68-57-80(62-27-9-3-10-28-62)98-81(58-68)63-29-11-4-12-30-63)65-45-51-70(52-46-65)100-83-38-18-14-32-72(83)78-56-67(48-54-85(78)100)61-25-7-2-8-26-61/h1-58H. The van der Waals surface area contributed by atoms with Crippen molar-refractivity contribution in [1.82, 2.24) is 14.1 Å². The molecule has 5 aromatic heterocycles. The zero-order valence-corrected chi connectivity index (χ0v) is 56.7. The Morgan fingerprint density at radius 3 is 1.05 bits per heavy atom. The van der Waals surface area contributed by atoms with E-state index in [1.807, 2.05) is 22.7 Å². The van der Waals surface area contributed by atoms with Crippen LogP contribution >= 0.6 is 22.7 Å². The van der Waals surface area contributed by atoms with Gasteiger partial charge in [-0.3, -0.25) is 0 Å². The first kappa shape index (κ1) is 59.1. The van der Waals surface area contributed by atoms with Gasteiger partial charge in [-0.15, -0.1) is 22.7 Å². The van der Waals surface area contributed by atoms with Crippen LogP contribution in [0.3, 0.4) is 0 Å². The SMILES string of the molecule is N#Cc1c(-c2cc(-c3ccccc3)nc(-c3ccccc3)c2)c(-c2ccc(-n3c4ccccc4c4cc(-c5ccccc5)ccc43)cc2)c(-c2cccc3sc4ccccc4c23)c(-c2cccc3sc4ccccc4c23)c1-c1ccc(-n2c3ccccc3c3cc(-c4ccccc4)ccc32)cc1. The lowest BCUT2D eigenvalue weighted by Crippen LogP contribution is -2.04. The molecule has 0 N–H and O–H groups in total. The largest absolute Gasteiger partial charge is 0.309 e. The van der Waals surface area contributed by atoms with Crippen LogP contribution in [0.25, 0.3) is 196 Å². The minimum absolute atomic E-state index is 0.561. The monoisotopic (exact) mass is 1330 g/mol. The lowest BCUT2D eigenvalue weighted by molar-refractivity contribution is 1.18. The van der Waals surface area contributed by atoms with Crippen molar-refractivity contribution in [2.45, 2.75) is 0 Å². The van der Waals surface area contributed by atoms with Crippen molar-refractivity contribution in [3.8, 4) is 118 Å². The van der Waals surface area contributed by atoms with Gasteiger partial charge in [-0.1, -0.05) is 255 Å². The van der Waals surface area contributed by atoms with E-state index >= 15 is 0 Å². The van der Waals surface area contributed by atoms with E-state index in [4.69, 9.17) is 4.98 Å². The van der Waals surface area contributed by atoms with E-state index < -0.39 is 0 Å². The Kier molecular flexibility index (Phi) is 14.0. The van der Waals surface area contributed by atoms with Gasteiger partial charge in [0.1, 0.15) is 6.07 Å². The van der Waals surface area contributed by atoms with Gasteiger partial charge in [0.15, 0.2) is 0 Å². The van der Waals surface area contributed by atoms with Crippen molar-refractivity contribution < 1.29 is 0 Å². The Morgan fingerprint density at radius 1 is 0.245 bits per heavy atom. The highest BCUT2D eigenvalue weighted by molar-refractivity contribution is 7.26. The minimum atomic E-state index is 0.561. The second-order valence-electron chi connectivity index (χ2n) is 26.3. The van der Waals surface area contributed by atoms with Crippen LogP contribution < -0.4 is 0 Å². The Balaban J connectivity index is 0.931. The van der Waals surface area contributed by atoms with Crippen molar-refractivity contribution in [3.63, 3.8) is 0 Å². The van der Waals surface area contributed by atoms with E-state index in [1.165, 1.54) is 78.8 Å². The van der Waals surface area contributed by atoms with Crippen LogP contribution in [-0.2, 0) is 0 Å². The van der Waals surface area contributed by atoms with Crippen LogP contribution in [0.15, 0.2) is 352 Å². The van der Waals surface area contributed by atoms with Crippen LogP contribution in [0.5, 0.6) is 0 Å². The van der Waals surface area contributed by atoms with E-state index in [0.29, 0.717) is 5.56 Å². The summed E-state index contributed by atoms with van der Waals surface area (Å²) in [7, 11) is 0. The molecule has 0 aliphatic rings. The molecule has 15 aromatic carbocycles. The number of pyridine rings is 1. The van der Waals surface area contributed by atoms with Crippen molar-refractivity contribution in [2.24, 2.45) is 0 Å². The van der Waals surface area contributed by atoms with Gasteiger partial charge >= 0.3 is 0 Å². The number of hydrogen-bond donors (Lipinski definition) is 0. The Labute approximate surface area is 597 Å². The zero-order valence-electron chi connectivity index (χ0n) is 55.1. The summed E-state index contributed by atoms with van der Waals surface area (Å²) in [5.41, 5.74) is 24.9. The van der Waals surface area contributed by atoms with Crippen molar-refractivity contribution in [3.05, 3.63) is 357 Å². The highest BCUT2D eigenvalue weighted by Crippen LogP contribution is 2.58. The normalized spacial score (nSPS) is 11.7. The Morgan fingerprint density at radius 2 is 0.598 bits per heavy atom. The summed E-state index contributed by atoms with van der Waals surface area (Å²) in [5.74, 6) is 0. The molecule has 0 radical (unpaired) electrons. The topological polar surface area (TPSA) is 46.5 Å². The second kappa shape index (κ2) is 24.2. The second-order valence-corrected chi connectivity index (χ2v) is 28.4. The van der Waals surface area contributed by atoms with Crippen molar-refractivity contribution >= 4 is 107 Å². The van der Waals surface area contributed by atoms with Gasteiger partial charge in [0, 0.05) is 101 Å². The maximum absolute atomic E-state index is 13.1. The molecule has 0 fully saturated rings. The summed E-state index contributed by atoms with van der Waals surface area (Å²) >= 11 is 3.64. The zero-order chi connectivity index (χ0) is 67.4. The molecule has 102 heavy (non-hydrogen) atoms. The average Bonchev–Trinajstić information content (AvgIpc) is 0.994. The summed E-state index contributed by atoms with van der Waals surface area (Å²) < 4.78 is 9.57. The average molecular weight is 1330 g/mol. The summed E-state index contributed by atoms with van der Waals surface area (Å²) in [6, 6.07) is 131. The third kappa shape index (κ3) is 9.59. The lowest BCUT2D eigenvalue weighted by atomic mass is 9.74. The molecule has 0 aliphatic heterocycles. The Hall–Kier alpha value is -13.0. The molecular weight excluding hydrogens is 1270 g/mol. The number of nitrogens with zero attached hydrogens (tertiary/aromatic N) is 4. The van der Waals surface area contributed by atoms with E-state index in [9.17, 15) is 5.26 Å². The molecule has 0 amide bonds. The van der Waals surface area contributed by atoms with Gasteiger partial charge in [0.2, 0.25) is 0 Å². The predicted octanol–water partition coefficient (Wildman–Crippen LogP) is 26.9. The Bertz CT molecular complexity index is 6720. The fourth-order valence-corrected chi connectivity index (χ4v) is 18.4. The molecule has 0 unspecified atom stereocenters. The number of benzene rings is 15. The van der Waals surface area contributed by atoms with Crippen LogP contribution in [0, 0.1) is 11.3 Å². The number of nitriles is 1. The van der Waals surface area contributed by atoms with Crippen LogP contribution in [0.4, 0.5) is 0 Å². The third-order valence-corrected chi connectivity index (χ3v) is 22.9. The van der Waals surface area contributed by atoms with E-state index in [-0.39, 0.29) is 0 Å². The molecule has 0 spiro atoms. The lowest BCUT2D eigenvalue weighted by Gasteiger charge is -2.27. The molecule has 0 saturated heterocycles. The van der Waals surface area contributed by atoms with Gasteiger partial charge in [0.25, 0.3) is 0 Å². The first-order valence-corrected chi connectivity index (χ1v) is 36.2. The maximum atomic E-state index is 13.1. The van der Waals surface area contributed by atoms with E-state index in [1.54, 1.807) is 0 Å². The van der Waals surface area contributed by atoms with Crippen molar-refractivity contribution in [1.29, 1.82) is 5.26 Å². The maximum Gasteiger partial charge on any atom is 0.100 e. The molecule has 0 aliphatic carbocycles. The quantitative estimate of drug-likeness (QED) is 0.130. The highest BCUT2D eigenvalue weighted by atomic mass is 32.1. The first-order valence-electron chi connectivity index (χ1n) is 34.5. The summed E-state index contributed by atoms with van der Waals surface area (Å²) in [6.45, 7) is 0. The smallest absolute Gasteiger partial charge is 0.100 e. The summed E-state index contributed by atoms with van der Waals surface area (Å²) in [4.78, 5) is 5.53. The molecule has 0 saturated carbocycles. The molecule has 6 heteroatoms. The van der Waals surface area contributed by atoms with Crippen LogP contribution in [0.2, 0.25) is 0 Å². The number of rotatable bonds is 11. The number of aromatic nitrogens is 3. The fourth-order valence-electron chi connectivity index (χ4n) is 16.1. The van der Waals surface area contributed by atoms with Crippen LogP contribution in [-0.4, -0.2) is 14.1 Å². The molecule has 474 valence electrons. The molecule has 20 aromatic rings. The minimum Gasteiger partial charge on any atom is -0.309 e. The van der Waals surface area contributed by atoms with Crippen molar-refractivity contribution in [2.75, 3.05) is 0 Å². The van der Waals surface area contributed by atoms with Gasteiger partial charge < -0.3 is 9.13 Å². The highest BCUT2D eigenvalue weighted by Gasteiger charge is 2.32. The number of thiophene rings is 2. The summed E-state index contributed by atoms with van der Waals surface area (Å²) in [5, 5.41) is 22.5. The predicted molar refractivity (Wildman–Crippen MR) is 432 cm³/mol. The molecule has 0 bridgehead atoms. The fraction of sp³-hybridized carbons (Fsp3) is 0. The molecular formula is C96H58N4S2. The third-order valence-electron chi connectivity index (χ3n) is 20.6. The molecule has 20 rings (SSSR count). The molecule has 0 atom stereocenters. The molecule has 5 heterocycles. The van der Waals surface area contributed by atoms with Gasteiger partial charge in [-0.05, 0) is 158 Å². The van der Waals surface area contributed by atoms with Gasteiger partial charge in [0.05, 0.1) is 39.0 Å². The summed E-state index contributed by atoms with van der Waals surface area (Å²) in [6.07, 6.45) is 0.